The monoisotopic (exact) mass is 366 g/mol. The Kier molecular flexibility index (Phi) is 4.10. The first kappa shape index (κ1) is 16.1. The van der Waals surface area contributed by atoms with Gasteiger partial charge in [-0.05, 0) is 43.4 Å². The minimum absolute atomic E-state index is 0.644. The molecule has 5 nitrogen and oxygen atoms in total. The van der Waals surface area contributed by atoms with Crippen LogP contribution in [0.3, 0.4) is 0 Å². The maximum Gasteiger partial charge on any atom is 0.188 e. The number of thiazole rings is 1. The normalized spacial score (nSPS) is 22.1. The van der Waals surface area contributed by atoms with E-state index >= 15 is 0 Å². The summed E-state index contributed by atoms with van der Waals surface area (Å²) in [4.78, 5) is 15.8. The fraction of sp³-hybridized carbons (Fsp3) is 0.450. The standard InChI is InChI=1S/C20H22N4OS/c1-13-9-17(13)18-6-5-16(25-18)11-24(15-3-4-15)10-14-12-26-20(23-14)19-21-7-2-8-22-19/h2,5-8,12-13,15,17H,3-4,9-11H2,1H3. The average Bonchev–Trinajstić information content (AvgIpc) is 3.54. The fourth-order valence-electron chi connectivity index (χ4n) is 3.45. The van der Waals surface area contributed by atoms with Crippen molar-refractivity contribution in [3.05, 3.63) is 53.2 Å². The summed E-state index contributed by atoms with van der Waals surface area (Å²) < 4.78 is 6.12. The van der Waals surface area contributed by atoms with Crippen LogP contribution in [0.1, 0.15) is 49.3 Å². The molecule has 3 aromatic heterocycles. The fourth-order valence-corrected chi connectivity index (χ4v) is 4.21. The van der Waals surface area contributed by atoms with Gasteiger partial charge in [0.25, 0.3) is 0 Å². The molecule has 0 radical (unpaired) electrons. The lowest BCUT2D eigenvalue weighted by Gasteiger charge is -2.19. The molecule has 3 aromatic rings. The highest BCUT2D eigenvalue weighted by Crippen LogP contribution is 2.47. The van der Waals surface area contributed by atoms with Crippen LogP contribution in [0.15, 0.2) is 40.4 Å². The molecule has 0 spiro atoms. The first-order valence-electron chi connectivity index (χ1n) is 9.31. The van der Waals surface area contributed by atoms with Crippen LogP contribution in [-0.2, 0) is 13.1 Å². The van der Waals surface area contributed by atoms with E-state index in [1.807, 2.05) is 6.07 Å². The lowest BCUT2D eigenvalue weighted by molar-refractivity contribution is 0.221. The Hall–Kier alpha value is -2.05. The van der Waals surface area contributed by atoms with Crippen LogP contribution < -0.4 is 0 Å². The molecule has 2 aliphatic rings. The Morgan fingerprint density at radius 2 is 2.00 bits per heavy atom. The number of hydrogen-bond donors (Lipinski definition) is 0. The molecule has 2 fully saturated rings. The first-order valence-corrected chi connectivity index (χ1v) is 10.2. The third kappa shape index (κ3) is 3.44. The third-order valence-corrected chi connectivity index (χ3v) is 6.14. The molecule has 26 heavy (non-hydrogen) atoms. The van der Waals surface area contributed by atoms with E-state index in [1.165, 1.54) is 25.0 Å². The lowest BCUT2D eigenvalue weighted by atomic mass is 10.3. The predicted octanol–water partition coefficient (Wildman–Crippen LogP) is 4.48. The van der Waals surface area contributed by atoms with E-state index in [0.717, 1.165) is 35.5 Å². The summed E-state index contributed by atoms with van der Waals surface area (Å²) >= 11 is 1.61. The second kappa shape index (κ2) is 6.59. The van der Waals surface area contributed by atoms with Crippen LogP contribution in [0, 0.1) is 5.92 Å². The predicted molar refractivity (Wildman–Crippen MR) is 101 cm³/mol. The molecule has 2 aliphatic carbocycles. The van der Waals surface area contributed by atoms with Crippen molar-refractivity contribution in [3.63, 3.8) is 0 Å². The van der Waals surface area contributed by atoms with Crippen LogP contribution in [0.5, 0.6) is 0 Å². The Labute approximate surface area is 157 Å². The van der Waals surface area contributed by atoms with Gasteiger partial charge in [0.05, 0.1) is 12.2 Å². The molecule has 0 bridgehead atoms. The van der Waals surface area contributed by atoms with Gasteiger partial charge in [0, 0.05) is 36.3 Å². The number of furan rings is 1. The topological polar surface area (TPSA) is 55.1 Å². The summed E-state index contributed by atoms with van der Waals surface area (Å²) in [6.45, 7) is 4.00. The lowest BCUT2D eigenvalue weighted by Crippen LogP contribution is -2.25. The Bertz CT molecular complexity index is 886. The Morgan fingerprint density at radius 1 is 1.19 bits per heavy atom. The molecule has 6 heteroatoms. The Balaban J connectivity index is 1.28. The van der Waals surface area contributed by atoms with Gasteiger partial charge in [0.2, 0.25) is 0 Å². The van der Waals surface area contributed by atoms with Crippen LogP contribution in [0.2, 0.25) is 0 Å². The molecule has 134 valence electrons. The van der Waals surface area contributed by atoms with Gasteiger partial charge >= 0.3 is 0 Å². The van der Waals surface area contributed by atoms with Gasteiger partial charge in [-0.3, -0.25) is 4.90 Å². The van der Waals surface area contributed by atoms with Crippen molar-refractivity contribution in [2.24, 2.45) is 5.92 Å². The Morgan fingerprint density at radius 3 is 2.73 bits per heavy atom. The smallest absolute Gasteiger partial charge is 0.188 e. The minimum atomic E-state index is 0.644. The van der Waals surface area contributed by atoms with Gasteiger partial charge in [0.15, 0.2) is 10.8 Å². The van der Waals surface area contributed by atoms with E-state index < -0.39 is 0 Å². The van der Waals surface area contributed by atoms with Crippen molar-refractivity contribution >= 4 is 11.3 Å². The van der Waals surface area contributed by atoms with Gasteiger partial charge in [-0.2, -0.15) is 0 Å². The quantitative estimate of drug-likeness (QED) is 0.617. The third-order valence-electron chi connectivity index (χ3n) is 5.25. The van der Waals surface area contributed by atoms with Gasteiger partial charge in [-0.25, -0.2) is 15.0 Å². The van der Waals surface area contributed by atoms with Crippen molar-refractivity contribution in [1.29, 1.82) is 0 Å². The van der Waals surface area contributed by atoms with E-state index in [4.69, 9.17) is 9.40 Å². The minimum Gasteiger partial charge on any atom is -0.464 e. The van der Waals surface area contributed by atoms with Gasteiger partial charge in [0.1, 0.15) is 11.5 Å². The molecule has 2 unspecified atom stereocenters. The van der Waals surface area contributed by atoms with Crippen LogP contribution in [0.25, 0.3) is 10.8 Å². The average molecular weight is 366 g/mol. The van der Waals surface area contributed by atoms with Crippen molar-refractivity contribution in [2.75, 3.05) is 0 Å². The van der Waals surface area contributed by atoms with Crippen molar-refractivity contribution < 1.29 is 4.42 Å². The second-order valence-corrected chi connectivity index (χ2v) is 8.33. The molecule has 2 atom stereocenters. The van der Waals surface area contributed by atoms with E-state index in [9.17, 15) is 0 Å². The van der Waals surface area contributed by atoms with E-state index in [1.54, 1.807) is 23.7 Å². The summed E-state index contributed by atoms with van der Waals surface area (Å²) in [5, 5.41) is 3.01. The maximum atomic E-state index is 6.12. The molecular formula is C20H22N4OS. The van der Waals surface area contributed by atoms with E-state index in [2.05, 4.69) is 39.3 Å². The number of rotatable bonds is 7. The zero-order valence-electron chi connectivity index (χ0n) is 14.8. The van der Waals surface area contributed by atoms with Crippen molar-refractivity contribution in [2.45, 2.75) is 51.2 Å². The molecule has 0 saturated heterocycles. The largest absolute Gasteiger partial charge is 0.464 e. The molecule has 5 rings (SSSR count). The van der Waals surface area contributed by atoms with Crippen molar-refractivity contribution in [1.82, 2.24) is 19.9 Å². The zero-order chi connectivity index (χ0) is 17.5. The second-order valence-electron chi connectivity index (χ2n) is 7.48. The van der Waals surface area contributed by atoms with E-state index in [0.29, 0.717) is 17.8 Å². The molecular weight excluding hydrogens is 344 g/mol. The van der Waals surface area contributed by atoms with Crippen LogP contribution in [0.4, 0.5) is 0 Å². The highest BCUT2D eigenvalue weighted by Gasteiger charge is 2.37. The molecule has 2 saturated carbocycles. The van der Waals surface area contributed by atoms with Gasteiger partial charge in [-0.1, -0.05) is 6.92 Å². The molecule has 0 aliphatic heterocycles. The van der Waals surface area contributed by atoms with Gasteiger partial charge < -0.3 is 4.42 Å². The SMILES string of the molecule is CC1CC1c1ccc(CN(Cc2csc(-c3ncccn3)n2)C2CC2)o1. The maximum absolute atomic E-state index is 6.12. The zero-order valence-corrected chi connectivity index (χ0v) is 15.7. The summed E-state index contributed by atoms with van der Waals surface area (Å²) in [7, 11) is 0. The highest BCUT2D eigenvalue weighted by atomic mass is 32.1. The molecule has 3 heterocycles. The van der Waals surface area contributed by atoms with Gasteiger partial charge in [-0.15, -0.1) is 11.3 Å². The summed E-state index contributed by atoms with van der Waals surface area (Å²) in [5.74, 6) is 4.37. The van der Waals surface area contributed by atoms with Crippen LogP contribution >= 0.6 is 11.3 Å². The van der Waals surface area contributed by atoms with Crippen molar-refractivity contribution in [3.8, 4) is 10.8 Å². The molecule has 0 N–H and O–H groups in total. The molecule has 0 amide bonds. The summed E-state index contributed by atoms with van der Waals surface area (Å²) in [6.07, 6.45) is 7.32. The van der Waals surface area contributed by atoms with Crippen LogP contribution in [-0.4, -0.2) is 25.9 Å². The first-order chi connectivity index (χ1) is 12.8. The number of hydrogen-bond acceptors (Lipinski definition) is 6. The highest BCUT2D eigenvalue weighted by molar-refractivity contribution is 7.13. The summed E-state index contributed by atoms with van der Waals surface area (Å²) in [6, 6.07) is 6.80. The van der Waals surface area contributed by atoms with E-state index in [-0.39, 0.29) is 0 Å². The number of aromatic nitrogens is 3. The number of nitrogens with zero attached hydrogens (tertiary/aromatic N) is 4. The summed E-state index contributed by atoms with van der Waals surface area (Å²) in [5.41, 5.74) is 1.09. The molecule has 0 aromatic carbocycles.